The van der Waals surface area contributed by atoms with Crippen molar-refractivity contribution in [3.63, 3.8) is 0 Å². The van der Waals surface area contributed by atoms with Gasteiger partial charge in [-0.3, -0.25) is 0 Å². The maximum atomic E-state index is 10.0. The number of aliphatic hydroxyl groups is 1. The van der Waals surface area contributed by atoms with Gasteiger partial charge in [-0.25, -0.2) is 9.97 Å². The lowest BCUT2D eigenvalue weighted by atomic mass is 10.0. The van der Waals surface area contributed by atoms with Gasteiger partial charge in [-0.1, -0.05) is 11.6 Å². The summed E-state index contributed by atoms with van der Waals surface area (Å²) in [4.78, 5) is 7.84. The van der Waals surface area contributed by atoms with E-state index in [1.54, 1.807) is 14.0 Å². The predicted octanol–water partition coefficient (Wildman–Crippen LogP) is 2.09. The van der Waals surface area contributed by atoms with Crippen LogP contribution in [-0.2, 0) is 4.74 Å². The van der Waals surface area contributed by atoms with E-state index < -0.39 is 5.60 Å². The van der Waals surface area contributed by atoms with Gasteiger partial charge < -0.3 is 15.2 Å². The van der Waals surface area contributed by atoms with E-state index >= 15 is 0 Å². The van der Waals surface area contributed by atoms with Crippen molar-refractivity contribution in [1.82, 2.24) is 9.97 Å². The quantitative estimate of drug-likeness (QED) is 0.784. The van der Waals surface area contributed by atoms with Gasteiger partial charge in [0, 0.05) is 26.7 Å². The Morgan fingerprint density at radius 3 is 2.94 bits per heavy atom. The molecule has 5 nitrogen and oxygen atoms in total. The van der Waals surface area contributed by atoms with Crippen LogP contribution in [0, 0.1) is 0 Å². The molecule has 1 atom stereocenters. The highest BCUT2D eigenvalue weighted by molar-refractivity contribution is 9.10. The highest BCUT2D eigenvalue weighted by Crippen LogP contribution is 2.26. The topological polar surface area (TPSA) is 67.3 Å². The fourth-order valence-electron chi connectivity index (χ4n) is 1.16. The number of methoxy groups -OCH3 is 1. The van der Waals surface area contributed by atoms with E-state index in [0.717, 1.165) is 0 Å². The van der Waals surface area contributed by atoms with Crippen molar-refractivity contribution in [2.24, 2.45) is 0 Å². The summed E-state index contributed by atoms with van der Waals surface area (Å²) in [5.74, 6) is 0.558. The molecule has 1 aromatic heterocycles. The van der Waals surface area contributed by atoms with Crippen LogP contribution in [0.4, 0.5) is 5.82 Å². The second kappa shape index (κ2) is 6.49. The average Bonchev–Trinajstić information content (AvgIpc) is 2.29. The minimum atomic E-state index is -0.868. The van der Waals surface area contributed by atoms with Gasteiger partial charge in [0.2, 0.25) is 0 Å². The molecular formula is C10H15BrClN3O2. The molecule has 0 spiro atoms. The van der Waals surface area contributed by atoms with Crippen LogP contribution in [-0.4, -0.2) is 40.9 Å². The van der Waals surface area contributed by atoms with E-state index in [4.69, 9.17) is 16.3 Å². The number of aromatic nitrogens is 2. The molecule has 0 fully saturated rings. The molecule has 0 saturated heterocycles. The molecule has 2 N–H and O–H groups in total. The molecule has 0 saturated carbocycles. The molecule has 0 aliphatic carbocycles. The number of nitrogens with one attached hydrogen (secondary N) is 1. The zero-order valence-corrected chi connectivity index (χ0v) is 12.0. The number of nitrogens with zero attached hydrogens (tertiary/aromatic N) is 2. The molecular weight excluding hydrogens is 309 g/mol. The van der Waals surface area contributed by atoms with Crippen molar-refractivity contribution in [3.05, 3.63) is 16.0 Å². The maximum absolute atomic E-state index is 10.0. The summed E-state index contributed by atoms with van der Waals surface area (Å²) in [6.07, 6.45) is 1.90. The number of ether oxygens (including phenoxy) is 1. The van der Waals surface area contributed by atoms with Crippen molar-refractivity contribution in [1.29, 1.82) is 0 Å². The molecule has 1 heterocycles. The molecule has 1 unspecified atom stereocenters. The molecule has 1 aromatic rings. The van der Waals surface area contributed by atoms with E-state index in [0.29, 0.717) is 35.0 Å². The first-order chi connectivity index (χ1) is 7.96. The summed E-state index contributed by atoms with van der Waals surface area (Å²) in [6, 6.07) is 0. The van der Waals surface area contributed by atoms with Gasteiger partial charge in [-0.2, -0.15) is 0 Å². The van der Waals surface area contributed by atoms with Crippen LogP contribution in [0.3, 0.4) is 0 Å². The van der Waals surface area contributed by atoms with Crippen LogP contribution in [0.25, 0.3) is 0 Å². The summed E-state index contributed by atoms with van der Waals surface area (Å²) in [6.45, 7) is 2.58. The number of hydrogen-bond donors (Lipinski definition) is 2. The Morgan fingerprint density at radius 1 is 1.59 bits per heavy atom. The number of hydrogen-bond acceptors (Lipinski definition) is 5. The van der Waals surface area contributed by atoms with Gasteiger partial charge in [0.05, 0.1) is 10.1 Å². The van der Waals surface area contributed by atoms with Crippen molar-refractivity contribution in [2.75, 3.05) is 25.6 Å². The summed E-state index contributed by atoms with van der Waals surface area (Å²) < 4.78 is 5.52. The smallest absolute Gasteiger partial charge is 0.148 e. The van der Waals surface area contributed by atoms with Gasteiger partial charge in [0.15, 0.2) is 0 Å². The molecule has 0 aromatic carbocycles. The number of halogens is 2. The van der Waals surface area contributed by atoms with E-state index in [2.05, 4.69) is 31.2 Å². The summed E-state index contributed by atoms with van der Waals surface area (Å²) >= 11 is 9.10. The third-order valence-electron chi connectivity index (χ3n) is 2.23. The molecule has 0 aliphatic rings. The van der Waals surface area contributed by atoms with Gasteiger partial charge in [0.25, 0.3) is 0 Å². The Bertz CT molecular complexity index is 377. The largest absolute Gasteiger partial charge is 0.388 e. The Kier molecular flexibility index (Phi) is 5.58. The summed E-state index contributed by atoms with van der Waals surface area (Å²) in [5.41, 5.74) is -0.868. The van der Waals surface area contributed by atoms with Crippen LogP contribution in [0.15, 0.2) is 10.8 Å². The molecule has 0 radical (unpaired) electrons. The summed E-state index contributed by atoms with van der Waals surface area (Å²) in [7, 11) is 1.60. The minimum absolute atomic E-state index is 0.332. The zero-order chi connectivity index (χ0) is 12.9. The normalized spacial score (nSPS) is 14.4. The Balaban J connectivity index is 2.58. The second-order valence-electron chi connectivity index (χ2n) is 3.92. The molecule has 1 rings (SSSR count). The van der Waals surface area contributed by atoms with Crippen molar-refractivity contribution >= 4 is 33.3 Å². The molecule has 0 aliphatic heterocycles. The van der Waals surface area contributed by atoms with E-state index in [1.807, 2.05) is 0 Å². The SMILES string of the molecule is COCCC(C)(O)CNc1ncnc(Cl)c1Br. The second-order valence-corrected chi connectivity index (χ2v) is 5.07. The van der Waals surface area contributed by atoms with Gasteiger partial charge in [-0.15, -0.1) is 0 Å². The molecule has 0 amide bonds. The third-order valence-corrected chi connectivity index (χ3v) is 3.49. The van der Waals surface area contributed by atoms with Crippen LogP contribution in [0.1, 0.15) is 13.3 Å². The number of anilines is 1. The zero-order valence-electron chi connectivity index (χ0n) is 9.70. The average molecular weight is 325 g/mol. The van der Waals surface area contributed by atoms with Crippen LogP contribution in [0.5, 0.6) is 0 Å². The Labute approximate surface area is 114 Å². The number of rotatable bonds is 6. The molecule has 0 bridgehead atoms. The fourth-order valence-corrected chi connectivity index (χ4v) is 1.63. The minimum Gasteiger partial charge on any atom is -0.388 e. The van der Waals surface area contributed by atoms with Gasteiger partial charge in [-0.05, 0) is 22.9 Å². The van der Waals surface area contributed by atoms with Crippen LogP contribution in [0.2, 0.25) is 5.15 Å². The van der Waals surface area contributed by atoms with Gasteiger partial charge >= 0.3 is 0 Å². The van der Waals surface area contributed by atoms with Crippen LogP contribution < -0.4 is 5.32 Å². The van der Waals surface area contributed by atoms with E-state index in [-0.39, 0.29) is 0 Å². The van der Waals surface area contributed by atoms with Crippen LogP contribution >= 0.6 is 27.5 Å². The Hall–Kier alpha value is -0.430. The summed E-state index contributed by atoms with van der Waals surface area (Å²) in [5, 5.41) is 13.4. The van der Waals surface area contributed by atoms with E-state index in [1.165, 1.54) is 6.33 Å². The lowest BCUT2D eigenvalue weighted by Gasteiger charge is -2.23. The highest BCUT2D eigenvalue weighted by Gasteiger charge is 2.20. The lowest BCUT2D eigenvalue weighted by Crippen LogP contribution is -2.35. The van der Waals surface area contributed by atoms with Crippen molar-refractivity contribution < 1.29 is 9.84 Å². The molecule has 96 valence electrons. The first-order valence-electron chi connectivity index (χ1n) is 5.07. The first-order valence-corrected chi connectivity index (χ1v) is 6.24. The maximum Gasteiger partial charge on any atom is 0.148 e. The van der Waals surface area contributed by atoms with Gasteiger partial charge in [0.1, 0.15) is 17.3 Å². The van der Waals surface area contributed by atoms with Crippen molar-refractivity contribution in [3.8, 4) is 0 Å². The fraction of sp³-hybridized carbons (Fsp3) is 0.600. The highest BCUT2D eigenvalue weighted by atomic mass is 79.9. The monoisotopic (exact) mass is 323 g/mol. The van der Waals surface area contributed by atoms with Crippen molar-refractivity contribution in [2.45, 2.75) is 18.9 Å². The Morgan fingerprint density at radius 2 is 2.29 bits per heavy atom. The lowest BCUT2D eigenvalue weighted by molar-refractivity contribution is 0.0357. The molecule has 17 heavy (non-hydrogen) atoms. The molecule has 7 heteroatoms. The predicted molar refractivity (Wildman–Crippen MR) is 70.3 cm³/mol. The third kappa shape index (κ3) is 4.75. The standard InChI is InChI=1S/C10H15BrClN3O2/c1-10(16,3-4-17-2)5-13-9-7(11)8(12)14-6-15-9/h6,16H,3-5H2,1-2H3,(H,13,14,15). The first kappa shape index (κ1) is 14.6. The van der Waals surface area contributed by atoms with E-state index in [9.17, 15) is 5.11 Å².